The molecule has 0 bridgehead atoms. The molecule has 1 saturated heterocycles. The summed E-state index contributed by atoms with van der Waals surface area (Å²) < 4.78 is 48.1. The number of aliphatic hydroxyl groups is 1. The molecule has 1 aliphatic heterocycles. The summed E-state index contributed by atoms with van der Waals surface area (Å²) in [5, 5.41) is 21.6. The largest absolute Gasteiger partial charge is 0.507 e. The fraction of sp³-hybridized carbons (Fsp3) is 0.167. The minimum Gasteiger partial charge on any atom is -0.507 e. The van der Waals surface area contributed by atoms with E-state index in [0.29, 0.717) is 18.4 Å². The Morgan fingerprint density at radius 1 is 0.872 bits per heavy atom. The van der Waals surface area contributed by atoms with Gasteiger partial charge in [-0.15, -0.1) is 0 Å². The molecule has 5 rings (SSSR count). The predicted molar refractivity (Wildman–Crippen MR) is 144 cm³/mol. The van der Waals surface area contributed by atoms with Crippen LogP contribution in [0.25, 0.3) is 11.1 Å². The molecule has 4 aromatic rings. The maximum absolute atomic E-state index is 14.7. The molecule has 0 radical (unpaired) electrons. The molecule has 0 saturated carbocycles. The van der Waals surface area contributed by atoms with E-state index in [1.54, 1.807) is 30.3 Å². The first-order valence-corrected chi connectivity index (χ1v) is 13.8. The number of aromatic hydroxyl groups is 1. The van der Waals surface area contributed by atoms with E-state index in [0.717, 1.165) is 5.56 Å². The number of amides is 1. The van der Waals surface area contributed by atoms with Gasteiger partial charge in [0.05, 0.1) is 23.8 Å². The van der Waals surface area contributed by atoms with E-state index in [1.807, 2.05) is 18.2 Å². The lowest BCUT2D eigenvalue weighted by atomic mass is 9.78. The molecule has 0 aromatic heterocycles. The number of anilines is 1. The number of carbonyl (C=O) groups is 1. The second kappa shape index (κ2) is 10.6. The zero-order valence-corrected chi connectivity index (χ0v) is 21.5. The van der Waals surface area contributed by atoms with Crippen molar-refractivity contribution in [3.8, 4) is 16.9 Å². The van der Waals surface area contributed by atoms with Crippen molar-refractivity contribution in [3.05, 3.63) is 114 Å². The molecule has 1 fully saturated rings. The third-order valence-corrected chi connectivity index (χ3v) is 7.99. The molecule has 0 aliphatic carbocycles. The van der Waals surface area contributed by atoms with E-state index in [-0.39, 0.29) is 33.4 Å². The van der Waals surface area contributed by atoms with Crippen LogP contribution in [0.1, 0.15) is 36.1 Å². The fourth-order valence-electron chi connectivity index (χ4n) is 5.18. The van der Waals surface area contributed by atoms with Crippen molar-refractivity contribution in [3.63, 3.8) is 0 Å². The number of hydrogen-bond acceptors (Lipinski definition) is 5. The molecule has 200 valence electrons. The first kappa shape index (κ1) is 26.6. The van der Waals surface area contributed by atoms with Gasteiger partial charge in [0.1, 0.15) is 16.5 Å². The fourth-order valence-corrected chi connectivity index (χ4v) is 5.89. The van der Waals surface area contributed by atoms with Gasteiger partial charge in [-0.3, -0.25) is 9.35 Å². The Morgan fingerprint density at radius 3 is 2.23 bits per heavy atom. The number of aliphatic hydroxyl groups excluding tert-OH is 1. The van der Waals surface area contributed by atoms with Crippen LogP contribution in [0.3, 0.4) is 0 Å². The molecule has 1 amide bonds. The first-order valence-electron chi connectivity index (χ1n) is 12.4. The van der Waals surface area contributed by atoms with Crippen LogP contribution in [0.4, 0.5) is 10.1 Å². The van der Waals surface area contributed by atoms with Gasteiger partial charge in [0.25, 0.3) is 10.1 Å². The van der Waals surface area contributed by atoms with Crippen LogP contribution < -0.4 is 4.90 Å². The molecular formula is C30H26FNO6S. The minimum absolute atomic E-state index is 0.104. The molecule has 3 N–H and O–H groups in total. The zero-order chi connectivity index (χ0) is 27.7. The Morgan fingerprint density at radius 2 is 1.54 bits per heavy atom. The third kappa shape index (κ3) is 5.16. The Bertz CT molecular complexity index is 1630. The third-order valence-electron chi connectivity index (χ3n) is 7.08. The molecule has 3 atom stereocenters. The molecule has 1 aliphatic rings. The highest BCUT2D eigenvalue weighted by Crippen LogP contribution is 2.48. The van der Waals surface area contributed by atoms with E-state index in [9.17, 15) is 32.4 Å². The Kier molecular flexibility index (Phi) is 7.22. The minimum atomic E-state index is -4.55. The summed E-state index contributed by atoms with van der Waals surface area (Å²) in [4.78, 5) is 14.3. The topological polar surface area (TPSA) is 115 Å². The number of hydrogen-bond donors (Lipinski definition) is 3. The van der Waals surface area contributed by atoms with Crippen molar-refractivity contribution in [1.82, 2.24) is 0 Å². The van der Waals surface area contributed by atoms with Gasteiger partial charge in [-0.25, -0.2) is 4.39 Å². The van der Waals surface area contributed by atoms with Crippen molar-refractivity contribution < 1.29 is 32.4 Å². The van der Waals surface area contributed by atoms with Gasteiger partial charge in [0.2, 0.25) is 5.91 Å². The highest BCUT2D eigenvalue weighted by molar-refractivity contribution is 7.86. The SMILES string of the molecule is O=C1C(CCC(O)c2ccccc2)C(c2ccc(-c3ccccc3S(=O)(=O)O)c(O)c2)N1c1ccccc1F. The van der Waals surface area contributed by atoms with Crippen molar-refractivity contribution in [2.24, 2.45) is 5.92 Å². The van der Waals surface area contributed by atoms with Gasteiger partial charge in [-0.2, -0.15) is 8.42 Å². The van der Waals surface area contributed by atoms with Crippen LogP contribution >= 0.6 is 0 Å². The quantitative estimate of drug-likeness (QED) is 0.194. The number of phenolic OH excluding ortho intramolecular Hbond substituents is 1. The van der Waals surface area contributed by atoms with Crippen molar-refractivity contribution in [2.45, 2.75) is 29.9 Å². The Labute approximate surface area is 225 Å². The average molecular weight is 548 g/mol. The number of benzene rings is 4. The lowest BCUT2D eigenvalue weighted by Crippen LogP contribution is -2.55. The predicted octanol–water partition coefficient (Wildman–Crippen LogP) is 5.66. The molecule has 4 aromatic carbocycles. The number of halogens is 1. The van der Waals surface area contributed by atoms with Gasteiger partial charge in [-0.1, -0.05) is 72.8 Å². The highest BCUT2D eigenvalue weighted by atomic mass is 32.2. The summed E-state index contributed by atoms with van der Waals surface area (Å²) in [5.74, 6) is -1.72. The molecule has 7 nitrogen and oxygen atoms in total. The summed E-state index contributed by atoms with van der Waals surface area (Å²) in [7, 11) is -4.55. The standard InChI is InChI=1S/C30H26FNO6S/c31-24-11-5-6-12-25(24)32-29(23(30(32)35)16-17-26(33)19-8-2-1-3-9-19)20-14-15-21(27(34)18-20)22-10-4-7-13-28(22)39(36,37)38/h1-15,18,23,26,29,33-34H,16-17H2,(H,36,37,38). The lowest BCUT2D eigenvalue weighted by molar-refractivity contribution is -0.131. The molecule has 9 heteroatoms. The van der Waals surface area contributed by atoms with E-state index in [1.165, 1.54) is 53.4 Å². The monoisotopic (exact) mass is 547 g/mol. The smallest absolute Gasteiger partial charge is 0.295 e. The van der Waals surface area contributed by atoms with Crippen LogP contribution in [0.15, 0.2) is 102 Å². The molecular weight excluding hydrogens is 521 g/mol. The van der Waals surface area contributed by atoms with E-state index in [2.05, 4.69) is 0 Å². The second-order valence-corrected chi connectivity index (χ2v) is 10.9. The van der Waals surface area contributed by atoms with Gasteiger partial charge >= 0.3 is 0 Å². The zero-order valence-electron chi connectivity index (χ0n) is 20.7. The number of rotatable bonds is 8. The average Bonchev–Trinajstić information content (AvgIpc) is 2.92. The number of nitrogens with zero attached hydrogens (tertiary/aromatic N) is 1. The maximum Gasteiger partial charge on any atom is 0.295 e. The van der Waals surface area contributed by atoms with E-state index in [4.69, 9.17) is 0 Å². The Balaban J connectivity index is 1.50. The highest BCUT2D eigenvalue weighted by Gasteiger charge is 2.49. The van der Waals surface area contributed by atoms with E-state index >= 15 is 0 Å². The normalized spacial score (nSPS) is 18.0. The van der Waals surface area contributed by atoms with E-state index < -0.39 is 34.0 Å². The second-order valence-electron chi connectivity index (χ2n) is 9.46. The van der Waals surface area contributed by atoms with Crippen LogP contribution in [0.5, 0.6) is 5.75 Å². The summed E-state index contributed by atoms with van der Waals surface area (Å²) in [5.41, 5.74) is 1.63. The summed E-state index contributed by atoms with van der Waals surface area (Å²) in [6, 6.07) is 24.7. The number of phenols is 1. The molecule has 1 heterocycles. The number of carbonyl (C=O) groups excluding carboxylic acids is 1. The van der Waals surface area contributed by atoms with Crippen molar-refractivity contribution >= 4 is 21.7 Å². The molecule has 3 unspecified atom stereocenters. The van der Waals surface area contributed by atoms with Crippen molar-refractivity contribution in [1.29, 1.82) is 0 Å². The Hall–Kier alpha value is -4.05. The van der Waals surface area contributed by atoms with Gasteiger partial charge in [0.15, 0.2) is 0 Å². The molecule has 0 spiro atoms. The number of para-hydroxylation sites is 1. The lowest BCUT2D eigenvalue weighted by Gasteiger charge is -2.48. The maximum atomic E-state index is 14.7. The van der Waals surface area contributed by atoms with Crippen LogP contribution in [0, 0.1) is 11.7 Å². The molecule has 39 heavy (non-hydrogen) atoms. The van der Waals surface area contributed by atoms with Crippen LogP contribution in [0.2, 0.25) is 0 Å². The summed E-state index contributed by atoms with van der Waals surface area (Å²) in [6.45, 7) is 0. The van der Waals surface area contributed by atoms with Crippen molar-refractivity contribution in [2.75, 3.05) is 4.90 Å². The van der Waals surface area contributed by atoms with Gasteiger partial charge in [0, 0.05) is 11.1 Å². The van der Waals surface area contributed by atoms with Crippen LogP contribution in [-0.2, 0) is 14.9 Å². The van der Waals surface area contributed by atoms with Gasteiger partial charge in [-0.05, 0) is 48.2 Å². The summed E-state index contributed by atoms with van der Waals surface area (Å²) in [6.07, 6.45) is -0.165. The number of β-lactam (4-membered cyclic amide) rings is 1. The first-order chi connectivity index (χ1) is 18.7. The van der Waals surface area contributed by atoms with Gasteiger partial charge < -0.3 is 15.1 Å². The summed E-state index contributed by atoms with van der Waals surface area (Å²) >= 11 is 0. The van der Waals surface area contributed by atoms with Crippen LogP contribution in [-0.4, -0.2) is 29.1 Å².